The molecule has 0 unspecified atom stereocenters. The van der Waals surface area contributed by atoms with Crippen molar-refractivity contribution < 1.29 is 0 Å². The van der Waals surface area contributed by atoms with Gasteiger partial charge in [-0.05, 0) is 17.4 Å². The van der Waals surface area contributed by atoms with Gasteiger partial charge in [-0.15, -0.1) is 0 Å². The molecule has 2 aromatic rings. The maximum Gasteiger partial charge on any atom is 0.222 e. The number of anilines is 2. The zero-order valence-corrected chi connectivity index (χ0v) is 11.6. The van der Waals surface area contributed by atoms with Crippen molar-refractivity contribution in [1.29, 1.82) is 0 Å². The lowest BCUT2D eigenvalue weighted by Gasteiger charge is -2.23. The molecular weight excluding hydrogens is 236 g/mol. The van der Waals surface area contributed by atoms with Gasteiger partial charge in [-0.25, -0.2) is 4.98 Å². The Balaban J connectivity index is 2.37. The van der Waals surface area contributed by atoms with Crippen LogP contribution in [0, 0.1) is 0 Å². The van der Waals surface area contributed by atoms with Gasteiger partial charge in [0.1, 0.15) is 5.82 Å². The summed E-state index contributed by atoms with van der Waals surface area (Å²) < 4.78 is 0. The molecule has 1 aromatic carbocycles. The van der Waals surface area contributed by atoms with Crippen LogP contribution < -0.4 is 11.5 Å². The van der Waals surface area contributed by atoms with Crippen LogP contribution in [0.15, 0.2) is 30.3 Å². The number of nitrogens with zero attached hydrogens (tertiary/aromatic N) is 2. The molecule has 0 aliphatic carbocycles. The molecule has 2 rings (SSSR count). The summed E-state index contributed by atoms with van der Waals surface area (Å²) in [7, 11) is 0. The molecule has 0 atom stereocenters. The van der Waals surface area contributed by atoms with E-state index in [0.29, 0.717) is 5.82 Å². The van der Waals surface area contributed by atoms with Crippen molar-refractivity contribution in [2.45, 2.75) is 32.6 Å². The van der Waals surface area contributed by atoms with Crippen LogP contribution in [-0.2, 0) is 5.41 Å². The average molecular weight is 256 g/mol. The third kappa shape index (κ3) is 2.84. The Hall–Kier alpha value is -2.10. The number of hydrogen-bond acceptors (Lipinski definition) is 4. The Morgan fingerprint density at radius 1 is 1.05 bits per heavy atom. The highest BCUT2D eigenvalue weighted by molar-refractivity contribution is 5.63. The first kappa shape index (κ1) is 13.3. The predicted molar refractivity (Wildman–Crippen MR) is 79.6 cm³/mol. The van der Waals surface area contributed by atoms with Crippen LogP contribution in [0.2, 0.25) is 0 Å². The van der Waals surface area contributed by atoms with Crippen molar-refractivity contribution in [3.8, 4) is 11.3 Å². The molecule has 0 amide bonds. The third-order valence-electron chi connectivity index (χ3n) is 3.61. The van der Waals surface area contributed by atoms with E-state index in [4.69, 9.17) is 11.5 Å². The fraction of sp³-hybridized carbons (Fsp3) is 0.333. The summed E-state index contributed by atoms with van der Waals surface area (Å²) in [6.45, 7) is 6.67. The Bertz CT molecular complexity index is 553. The van der Waals surface area contributed by atoms with Gasteiger partial charge in [-0.2, -0.15) is 4.98 Å². The summed E-state index contributed by atoms with van der Waals surface area (Å²) >= 11 is 0. The summed E-state index contributed by atoms with van der Waals surface area (Å²) in [5, 5.41) is 0. The van der Waals surface area contributed by atoms with Crippen LogP contribution in [0.25, 0.3) is 11.3 Å². The SMILES string of the molecule is CCC(C)(C)c1ccc(-c2cc(N)nc(N)n2)cc1. The van der Waals surface area contributed by atoms with Crippen molar-refractivity contribution in [3.63, 3.8) is 0 Å². The van der Waals surface area contributed by atoms with Gasteiger partial charge in [0.25, 0.3) is 0 Å². The minimum absolute atomic E-state index is 0.183. The van der Waals surface area contributed by atoms with Crippen molar-refractivity contribution >= 4 is 11.8 Å². The molecule has 4 heteroatoms. The summed E-state index contributed by atoms with van der Waals surface area (Å²) in [6.07, 6.45) is 1.10. The normalized spacial score (nSPS) is 11.5. The van der Waals surface area contributed by atoms with Gasteiger partial charge in [-0.3, -0.25) is 0 Å². The van der Waals surface area contributed by atoms with Gasteiger partial charge >= 0.3 is 0 Å². The standard InChI is InChI=1S/C15H20N4/c1-4-15(2,3)11-7-5-10(6-8-11)12-9-13(16)19-14(17)18-12/h5-9H,4H2,1-3H3,(H4,16,17,18,19). The lowest BCUT2D eigenvalue weighted by atomic mass is 9.82. The minimum Gasteiger partial charge on any atom is -0.384 e. The number of nitrogen functional groups attached to an aromatic ring is 2. The van der Waals surface area contributed by atoms with E-state index in [1.807, 2.05) is 12.1 Å². The molecule has 19 heavy (non-hydrogen) atoms. The first-order valence-electron chi connectivity index (χ1n) is 6.43. The maximum atomic E-state index is 5.69. The van der Waals surface area contributed by atoms with Gasteiger partial charge in [0.05, 0.1) is 5.69 Å². The van der Waals surface area contributed by atoms with Gasteiger partial charge in [-0.1, -0.05) is 45.0 Å². The molecule has 1 heterocycles. The number of aromatic nitrogens is 2. The second kappa shape index (κ2) is 4.88. The Morgan fingerprint density at radius 2 is 1.68 bits per heavy atom. The molecule has 0 aliphatic rings. The summed E-state index contributed by atoms with van der Waals surface area (Å²) in [5.74, 6) is 0.591. The molecule has 0 aliphatic heterocycles. The minimum atomic E-state index is 0.183. The van der Waals surface area contributed by atoms with E-state index < -0.39 is 0 Å². The molecule has 4 nitrogen and oxygen atoms in total. The fourth-order valence-electron chi connectivity index (χ4n) is 1.93. The largest absolute Gasteiger partial charge is 0.384 e. The number of nitrogens with two attached hydrogens (primary N) is 2. The molecule has 0 bridgehead atoms. The molecular formula is C15H20N4. The Morgan fingerprint density at radius 3 is 2.21 bits per heavy atom. The lowest BCUT2D eigenvalue weighted by molar-refractivity contribution is 0.506. The lowest BCUT2D eigenvalue weighted by Crippen LogP contribution is -2.15. The highest BCUT2D eigenvalue weighted by atomic mass is 15.0. The van der Waals surface area contributed by atoms with Crippen LogP contribution in [0.1, 0.15) is 32.8 Å². The molecule has 1 aromatic heterocycles. The summed E-state index contributed by atoms with van der Waals surface area (Å²) in [5.41, 5.74) is 14.6. The molecule has 0 radical (unpaired) electrons. The smallest absolute Gasteiger partial charge is 0.222 e. The monoisotopic (exact) mass is 256 g/mol. The molecule has 4 N–H and O–H groups in total. The fourth-order valence-corrected chi connectivity index (χ4v) is 1.93. The van der Waals surface area contributed by atoms with E-state index in [1.54, 1.807) is 6.07 Å². The summed E-state index contributed by atoms with van der Waals surface area (Å²) in [4.78, 5) is 8.08. The maximum absolute atomic E-state index is 5.69. The topological polar surface area (TPSA) is 77.8 Å². The first-order valence-corrected chi connectivity index (χ1v) is 6.43. The van der Waals surface area contributed by atoms with Gasteiger partial charge in [0.15, 0.2) is 0 Å². The summed E-state index contributed by atoms with van der Waals surface area (Å²) in [6, 6.07) is 10.1. The van der Waals surface area contributed by atoms with Crippen molar-refractivity contribution in [2.75, 3.05) is 11.5 Å². The molecule has 100 valence electrons. The molecule has 0 saturated carbocycles. The average Bonchev–Trinajstić information content (AvgIpc) is 2.38. The predicted octanol–water partition coefficient (Wildman–Crippen LogP) is 3.00. The third-order valence-corrected chi connectivity index (χ3v) is 3.61. The number of rotatable bonds is 3. The Kier molecular flexibility index (Phi) is 3.42. The highest BCUT2D eigenvalue weighted by Gasteiger charge is 2.17. The van der Waals surface area contributed by atoms with E-state index in [0.717, 1.165) is 17.7 Å². The van der Waals surface area contributed by atoms with Gasteiger partial charge < -0.3 is 11.5 Å². The van der Waals surface area contributed by atoms with E-state index in [-0.39, 0.29) is 11.4 Å². The van der Waals surface area contributed by atoms with Gasteiger partial charge in [0.2, 0.25) is 5.95 Å². The highest BCUT2D eigenvalue weighted by Crippen LogP contribution is 2.28. The van der Waals surface area contributed by atoms with Crippen LogP contribution in [-0.4, -0.2) is 9.97 Å². The molecule has 0 fully saturated rings. The molecule has 0 saturated heterocycles. The second-order valence-electron chi connectivity index (χ2n) is 5.35. The van der Waals surface area contributed by atoms with Crippen LogP contribution in [0.5, 0.6) is 0 Å². The van der Waals surface area contributed by atoms with Crippen molar-refractivity contribution in [3.05, 3.63) is 35.9 Å². The first-order chi connectivity index (χ1) is 8.92. The number of benzene rings is 1. The van der Waals surface area contributed by atoms with E-state index in [1.165, 1.54) is 5.56 Å². The Labute approximate surface area is 113 Å². The van der Waals surface area contributed by atoms with Crippen molar-refractivity contribution in [1.82, 2.24) is 9.97 Å². The molecule has 0 spiro atoms. The number of hydrogen-bond donors (Lipinski definition) is 2. The zero-order valence-electron chi connectivity index (χ0n) is 11.6. The van der Waals surface area contributed by atoms with Crippen LogP contribution >= 0.6 is 0 Å². The van der Waals surface area contributed by atoms with E-state index in [9.17, 15) is 0 Å². The zero-order chi connectivity index (χ0) is 14.0. The van der Waals surface area contributed by atoms with E-state index >= 15 is 0 Å². The van der Waals surface area contributed by atoms with Gasteiger partial charge in [0, 0.05) is 11.6 Å². The van der Waals surface area contributed by atoms with Crippen LogP contribution in [0.4, 0.5) is 11.8 Å². The second-order valence-corrected chi connectivity index (χ2v) is 5.35. The van der Waals surface area contributed by atoms with Crippen LogP contribution in [0.3, 0.4) is 0 Å². The van der Waals surface area contributed by atoms with Crippen molar-refractivity contribution in [2.24, 2.45) is 0 Å². The van der Waals surface area contributed by atoms with E-state index in [2.05, 4.69) is 42.9 Å². The quantitative estimate of drug-likeness (QED) is 0.885.